The largest absolute Gasteiger partial charge is 0.341 e. The third-order valence-electron chi connectivity index (χ3n) is 3.95. The Morgan fingerprint density at radius 3 is 2.46 bits per heavy atom. The normalized spacial score (nSPS) is 14.3. The molecular formula is C19H16Cl2N2O2S. The van der Waals surface area contributed by atoms with Crippen LogP contribution in [0.15, 0.2) is 53.1 Å². The first kappa shape index (κ1) is 18.8. The maximum atomic E-state index is 12.7. The van der Waals surface area contributed by atoms with E-state index in [0.717, 1.165) is 10.5 Å². The number of hydrogen-bond donors (Lipinski definition) is 1. The molecule has 0 unspecified atom stereocenters. The first-order valence-electron chi connectivity index (χ1n) is 7.89. The summed E-state index contributed by atoms with van der Waals surface area (Å²) in [6, 6.07) is 11.7. The number of likely N-dealkylation sites (N-methyl/N-ethyl adjacent to an activating group) is 1. The Kier molecular flexibility index (Phi) is 5.61. The SMILES string of the molecule is C[C@H](NC(=O)C1=Cc2cc(Cl)c(Cl)cc2SN1C)C(=O)c1ccccc1. The maximum Gasteiger partial charge on any atom is 0.269 e. The van der Waals surface area contributed by atoms with Crippen molar-refractivity contribution in [1.82, 2.24) is 9.62 Å². The minimum absolute atomic E-state index is 0.138. The molecule has 1 aliphatic heterocycles. The molecule has 0 saturated carbocycles. The maximum absolute atomic E-state index is 12.7. The summed E-state index contributed by atoms with van der Waals surface area (Å²) in [7, 11) is 1.78. The van der Waals surface area contributed by atoms with Gasteiger partial charge in [-0.3, -0.25) is 9.59 Å². The minimum atomic E-state index is -0.639. The van der Waals surface area contributed by atoms with Crippen LogP contribution in [0.25, 0.3) is 6.08 Å². The first-order chi connectivity index (χ1) is 12.4. The average molecular weight is 407 g/mol. The molecule has 1 atom stereocenters. The zero-order chi connectivity index (χ0) is 18.8. The van der Waals surface area contributed by atoms with E-state index in [0.29, 0.717) is 21.3 Å². The zero-order valence-corrected chi connectivity index (χ0v) is 16.5. The van der Waals surface area contributed by atoms with E-state index in [2.05, 4.69) is 5.32 Å². The second-order valence-corrected chi connectivity index (χ2v) is 7.83. The van der Waals surface area contributed by atoms with Gasteiger partial charge in [0.05, 0.1) is 16.1 Å². The van der Waals surface area contributed by atoms with Gasteiger partial charge in [0.25, 0.3) is 5.91 Å². The molecule has 0 aromatic heterocycles. The molecule has 4 nitrogen and oxygen atoms in total. The zero-order valence-electron chi connectivity index (χ0n) is 14.1. The number of fused-ring (bicyclic) bond motifs is 1. The van der Waals surface area contributed by atoms with Crippen LogP contribution in [0, 0.1) is 0 Å². The van der Waals surface area contributed by atoms with Gasteiger partial charge in [-0.25, -0.2) is 0 Å². The van der Waals surface area contributed by atoms with Crippen LogP contribution < -0.4 is 5.32 Å². The van der Waals surface area contributed by atoms with Gasteiger partial charge in [0.15, 0.2) is 5.78 Å². The van der Waals surface area contributed by atoms with Gasteiger partial charge in [0.2, 0.25) is 0 Å². The van der Waals surface area contributed by atoms with Gasteiger partial charge in [-0.1, -0.05) is 53.5 Å². The highest BCUT2D eigenvalue weighted by Crippen LogP contribution is 2.39. The number of benzene rings is 2. The van der Waals surface area contributed by atoms with Crippen LogP contribution in [0.4, 0.5) is 0 Å². The molecule has 26 heavy (non-hydrogen) atoms. The van der Waals surface area contributed by atoms with Crippen molar-refractivity contribution in [1.29, 1.82) is 0 Å². The van der Waals surface area contributed by atoms with Crippen LogP contribution in [0.1, 0.15) is 22.8 Å². The van der Waals surface area contributed by atoms with Crippen molar-refractivity contribution in [3.05, 3.63) is 69.3 Å². The molecular weight excluding hydrogens is 391 g/mol. The Morgan fingerprint density at radius 2 is 1.77 bits per heavy atom. The van der Waals surface area contributed by atoms with E-state index in [1.54, 1.807) is 60.8 Å². The van der Waals surface area contributed by atoms with Gasteiger partial charge >= 0.3 is 0 Å². The molecule has 1 aliphatic rings. The summed E-state index contributed by atoms with van der Waals surface area (Å²) in [6.07, 6.45) is 1.74. The molecule has 0 bridgehead atoms. The highest BCUT2D eigenvalue weighted by atomic mass is 35.5. The number of rotatable bonds is 4. The summed E-state index contributed by atoms with van der Waals surface area (Å²) in [5.41, 5.74) is 1.82. The molecule has 1 N–H and O–H groups in total. The van der Waals surface area contributed by atoms with Crippen LogP contribution >= 0.6 is 35.1 Å². The number of carbonyl (C=O) groups excluding carboxylic acids is 2. The molecule has 0 fully saturated rings. The molecule has 1 heterocycles. The van der Waals surface area contributed by atoms with Crippen LogP contribution in [0.5, 0.6) is 0 Å². The fourth-order valence-corrected chi connectivity index (χ4v) is 3.89. The van der Waals surface area contributed by atoms with E-state index in [-0.39, 0.29) is 11.7 Å². The quantitative estimate of drug-likeness (QED) is 0.591. The van der Waals surface area contributed by atoms with E-state index in [1.165, 1.54) is 11.9 Å². The smallest absolute Gasteiger partial charge is 0.269 e. The summed E-state index contributed by atoms with van der Waals surface area (Å²) in [5, 5.41) is 3.66. The third kappa shape index (κ3) is 3.90. The molecule has 1 amide bonds. The topological polar surface area (TPSA) is 49.4 Å². The number of halogens is 2. The predicted octanol–water partition coefficient (Wildman–Crippen LogP) is 4.67. The van der Waals surface area contributed by atoms with Gasteiger partial charge in [-0.05, 0) is 42.6 Å². The minimum Gasteiger partial charge on any atom is -0.341 e. The Morgan fingerprint density at radius 1 is 1.12 bits per heavy atom. The second-order valence-electron chi connectivity index (χ2n) is 5.85. The first-order valence-corrected chi connectivity index (χ1v) is 9.42. The Labute approximate surface area is 166 Å². The molecule has 0 spiro atoms. The molecule has 2 aromatic carbocycles. The summed E-state index contributed by atoms with van der Waals surface area (Å²) in [6.45, 7) is 1.67. The van der Waals surface area contributed by atoms with E-state index < -0.39 is 6.04 Å². The van der Waals surface area contributed by atoms with Gasteiger partial charge in [0, 0.05) is 17.5 Å². The van der Waals surface area contributed by atoms with Crippen molar-refractivity contribution in [2.24, 2.45) is 0 Å². The van der Waals surface area contributed by atoms with E-state index in [9.17, 15) is 9.59 Å². The number of amides is 1. The van der Waals surface area contributed by atoms with Crippen LogP contribution in [0.2, 0.25) is 10.0 Å². The van der Waals surface area contributed by atoms with Gasteiger partial charge in [-0.2, -0.15) is 0 Å². The summed E-state index contributed by atoms with van der Waals surface area (Å²) >= 11 is 13.5. The Bertz CT molecular complexity index is 900. The molecule has 0 radical (unpaired) electrons. The molecule has 0 aliphatic carbocycles. The van der Waals surface area contributed by atoms with E-state index >= 15 is 0 Å². The number of Topliss-reactive ketones (excluding diaryl/α,β-unsaturated/α-hetero) is 1. The molecule has 7 heteroatoms. The molecule has 3 rings (SSSR count). The molecule has 2 aromatic rings. The van der Waals surface area contributed by atoms with Gasteiger partial charge in [0.1, 0.15) is 5.70 Å². The van der Waals surface area contributed by atoms with Crippen molar-refractivity contribution >= 4 is 52.9 Å². The Balaban J connectivity index is 1.79. The highest BCUT2D eigenvalue weighted by Gasteiger charge is 2.25. The van der Waals surface area contributed by atoms with Crippen LogP contribution in [-0.2, 0) is 4.79 Å². The Hall–Kier alpha value is -1.95. The van der Waals surface area contributed by atoms with Crippen molar-refractivity contribution < 1.29 is 9.59 Å². The standard InChI is InChI=1S/C19H16Cl2N2O2S/c1-11(18(24)12-6-4-3-5-7-12)22-19(25)16-9-13-8-14(20)15(21)10-17(13)26-23(16)2/h3-11H,1-2H3,(H,22,25)/t11-/m0/s1. The van der Waals surface area contributed by atoms with E-state index in [4.69, 9.17) is 23.2 Å². The monoisotopic (exact) mass is 406 g/mol. The second kappa shape index (κ2) is 7.74. The van der Waals surface area contributed by atoms with E-state index in [1.807, 2.05) is 6.07 Å². The van der Waals surface area contributed by atoms with Crippen LogP contribution in [-0.4, -0.2) is 29.1 Å². The lowest BCUT2D eigenvalue weighted by molar-refractivity contribution is -0.118. The predicted molar refractivity (Wildman–Crippen MR) is 106 cm³/mol. The van der Waals surface area contributed by atoms with Crippen molar-refractivity contribution in [2.75, 3.05) is 7.05 Å². The van der Waals surface area contributed by atoms with Crippen molar-refractivity contribution in [3.8, 4) is 0 Å². The van der Waals surface area contributed by atoms with Crippen molar-refractivity contribution in [3.63, 3.8) is 0 Å². The highest BCUT2D eigenvalue weighted by molar-refractivity contribution is 7.97. The number of ketones is 1. The number of hydrogen-bond acceptors (Lipinski definition) is 4. The van der Waals surface area contributed by atoms with Crippen molar-refractivity contribution in [2.45, 2.75) is 17.9 Å². The number of carbonyl (C=O) groups is 2. The fourth-order valence-electron chi connectivity index (χ4n) is 2.57. The lowest BCUT2D eigenvalue weighted by Gasteiger charge is -2.27. The number of nitrogens with zero attached hydrogens (tertiary/aromatic N) is 1. The lowest BCUT2D eigenvalue weighted by atomic mass is 10.1. The fraction of sp³-hybridized carbons (Fsp3) is 0.158. The molecule has 134 valence electrons. The van der Waals surface area contributed by atoms with Gasteiger partial charge < -0.3 is 9.62 Å². The molecule has 0 saturated heterocycles. The number of nitrogens with one attached hydrogen (secondary N) is 1. The van der Waals surface area contributed by atoms with Crippen LogP contribution in [0.3, 0.4) is 0 Å². The average Bonchev–Trinajstić information content (AvgIpc) is 2.62. The lowest BCUT2D eigenvalue weighted by Crippen LogP contribution is -2.41. The third-order valence-corrected chi connectivity index (χ3v) is 5.69. The summed E-state index contributed by atoms with van der Waals surface area (Å²) in [5.74, 6) is -0.464. The summed E-state index contributed by atoms with van der Waals surface area (Å²) in [4.78, 5) is 26.0. The van der Waals surface area contributed by atoms with Gasteiger partial charge in [-0.15, -0.1) is 0 Å². The summed E-state index contributed by atoms with van der Waals surface area (Å²) < 4.78 is 1.74.